The number of thioether (sulfide) groups is 1. The third-order valence-electron chi connectivity index (χ3n) is 2.11. The zero-order valence-corrected chi connectivity index (χ0v) is 10.9. The third kappa shape index (κ3) is 4.25. The number of carbonyl (C=O) groups is 2. The number of hydrogen-bond acceptors (Lipinski definition) is 5. The first kappa shape index (κ1) is 15.0. The molecular formula is C11H12N2O5S. The van der Waals surface area contributed by atoms with Crippen molar-refractivity contribution < 1.29 is 19.6 Å². The number of carboxylic acids is 1. The topological polar surface area (TPSA) is 110 Å². The van der Waals surface area contributed by atoms with Gasteiger partial charge in [0.1, 0.15) is 0 Å². The minimum absolute atomic E-state index is 0.174. The predicted octanol–water partition coefficient (Wildman–Crippen LogP) is 1.52. The molecule has 2 N–H and O–H groups in total. The first-order chi connectivity index (χ1) is 8.95. The van der Waals surface area contributed by atoms with Crippen LogP contribution in [0.1, 0.15) is 17.3 Å². The molecule has 1 aromatic rings. The van der Waals surface area contributed by atoms with Gasteiger partial charge >= 0.3 is 5.97 Å². The fourth-order valence-electron chi connectivity index (χ4n) is 1.33. The molecule has 0 aliphatic heterocycles. The molecule has 0 saturated carbocycles. The molecule has 0 aliphatic rings. The van der Waals surface area contributed by atoms with Crippen molar-refractivity contribution in [3.8, 4) is 0 Å². The summed E-state index contributed by atoms with van der Waals surface area (Å²) in [6.45, 7) is 2.16. The number of hydrogen-bond donors (Lipinski definition) is 2. The summed E-state index contributed by atoms with van der Waals surface area (Å²) in [6, 6.07) is 3.97. The van der Waals surface area contributed by atoms with Crippen molar-refractivity contribution in [2.45, 2.75) is 11.8 Å². The maximum atomic E-state index is 11.6. The highest BCUT2D eigenvalue weighted by molar-refractivity contribution is 8.00. The molecule has 7 nitrogen and oxygen atoms in total. The van der Waals surface area contributed by atoms with E-state index >= 15 is 0 Å². The molecule has 0 saturated heterocycles. The van der Waals surface area contributed by atoms with Crippen LogP contribution in [0.15, 0.2) is 23.1 Å². The van der Waals surface area contributed by atoms with Crippen LogP contribution >= 0.6 is 11.8 Å². The Morgan fingerprint density at radius 2 is 2.16 bits per heavy atom. The maximum absolute atomic E-state index is 11.6. The monoisotopic (exact) mass is 284 g/mol. The number of amides is 1. The highest BCUT2D eigenvalue weighted by Crippen LogP contribution is 2.29. The summed E-state index contributed by atoms with van der Waals surface area (Å²) in [5.74, 6) is -1.74. The SMILES string of the molecule is CCNC(=O)c1ccc(SCC(=O)O)c([N+](=O)[O-])c1. The van der Waals surface area contributed by atoms with Gasteiger partial charge < -0.3 is 10.4 Å². The molecule has 102 valence electrons. The van der Waals surface area contributed by atoms with E-state index in [9.17, 15) is 19.7 Å². The van der Waals surface area contributed by atoms with Crippen molar-refractivity contribution in [2.75, 3.05) is 12.3 Å². The Labute approximate surface area is 113 Å². The number of aliphatic carboxylic acids is 1. The van der Waals surface area contributed by atoms with Crippen LogP contribution in [0.4, 0.5) is 5.69 Å². The van der Waals surface area contributed by atoms with Gasteiger partial charge in [-0.3, -0.25) is 19.7 Å². The summed E-state index contributed by atoms with van der Waals surface area (Å²) in [6.07, 6.45) is 0. The van der Waals surface area contributed by atoms with E-state index in [4.69, 9.17) is 5.11 Å². The predicted molar refractivity (Wildman–Crippen MR) is 69.5 cm³/mol. The third-order valence-corrected chi connectivity index (χ3v) is 3.15. The molecule has 0 unspecified atom stereocenters. The lowest BCUT2D eigenvalue weighted by Crippen LogP contribution is -2.22. The Morgan fingerprint density at radius 3 is 2.68 bits per heavy atom. The summed E-state index contributed by atoms with van der Waals surface area (Å²) < 4.78 is 0. The van der Waals surface area contributed by atoms with Crippen LogP contribution in [-0.2, 0) is 4.79 Å². The van der Waals surface area contributed by atoms with Crippen molar-refractivity contribution >= 4 is 29.3 Å². The lowest BCUT2D eigenvalue weighted by molar-refractivity contribution is -0.387. The fourth-order valence-corrected chi connectivity index (χ4v) is 2.05. The van der Waals surface area contributed by atoms with Crippen molar-refractivity contribution in [3.63, 3.8) is 0 Å². The van der Waals surface area contributed by atoms with Crippen LogP contribution in [0.2, 0.25) is 0 Å². The average Bonchev–Trinajstić information content (AvgIpc) is 2.36. The lowest BCUT2D eigenvalue weighted by atomic mass is 10.2. The second kappa shape index (κ2) is 6.74. The van der Waals surface area contributed by atoms with Crippen molar-refractivity contribution in [1.82, 2.24) is 5.32 Å². The standard InChI is InChI=1S/C11H12N2O5S/c1-2-12-11(16)7-3-4-9(19-6-10(14)15)8(5-7)13(17)18/h3-5H,2,6H2,1H3,(H,12,16)(H,14,15). The fraction of sp³-hybridized carbons (Fsp3) is 0.273. The molecule has 0 atom stereocenters. The number of benzene rings is 1. The van der Waals surface area contributed by atoms with Crippen LogP contribution in [-0.4, -0.2) is 34.2 Å². The summed E-state index contributed by atoms with van der Waals surface area (Å²) in [4.78, 5) is 32.5. The molecule has 8 heteroatoms. The zero-order valence-electron chi connectivity index (χ0n) is 10.1. The van der Waals surface area contributed by atoms with E-state index in [-0.39, 0.29) is 21.9 Å². The van der Waals surface area contributed by atoms with E-state index in [1.165, 1.54) is 12.1 Å². The Bertz CT molecular complexity index is 518. The molecule has 0 fully saturated rings. The Hall–Kier alpha value is -2.09. The van der Waals surface area contributed by atoms with Gasteiger partial charge in [0, 0.05) is 18.2 Å². The van der Waals surface area contributed by atoms with E-state index in [0.29, 0.717) is 6.54 Å². The Kier molecular flexibility index (Phi) is 5.31. The number of carbonyl (C=O) groups excluding carboxylic acids is 1. The number of nitro groups is 1. The van der Waals surface area contributed by atoms with Gasteiger partial charge in [0.05, 0.1) is 15.6 Å². The second-order valence-electron chi connectivity index (χ2n) is 3.48. The average molecular weight is 284 g/mol. The van der Waals surface area contributed by atoms with Crippen LogP contribution in [0, 0.1) is 10.1 Å². The van der Waals surface area contributed by atoms with Gasteiger partial charge in [0.2, 0.25) is 0 Å². The number of carboxylic acid groups (broad SMARTS) is 1. The molecule has 19 heavy (non-hydrogen) atoms. The molecule has 1 amide bonds. The van der Waals surface area contributed by atoms with E-state index in [1.807, 2.05) is 0 Å². The summed E-state index contributed by atoms with van der Waals surface area (Å²) in [7, 11) is 0. The second-order valence-corrected chi connectivity index (χ2v) is 4.50. The van der Waals surface area contributed by atoms with Gasteiger partial charge in [-0.15, -0.1) is 11.8 Å². The van der Waals surface area contributed by atoms with Crippen molar-refractivity contribution in [3.05, 3.63) is 33.9 Å². The normalized spacial score (nSPS) is 9.95. The molecule has 1 rings (SSSR count). The van der Waals surface area contributed by atoms with Gasteiger partial charge in [-0.1, -0.05) is 0 Å². The number of nitrogens with zero attached hydrogens (tertiary/aromatic N) is 1. The van der Waals surface area contributed by atoms with Gasteiger partial charge in [0.25, 0.3) is 11.6 Å². The van der Waals surface area contributed by atoms with Crippen LogP contribution in [0.5, 0.6) is 0 Å². The summed E-state index contributed by atoms with van der Waals surface area (Å²) in [5.41, 5.74) is -0.0942. The number of nitrogens with one attached hydrogen (secondary N) is 1. The molecule has 0 spiro atoms. The Morgan fingerprint density at radius 1 is 1.47 bits per heavy atom. The minimum Gasteiger partial charge on any atom is -0.481 e. The molecule has 0 aliphatic carbocycles. The van der Waals surface area contributed by atoms with E-state index < -0.39 is 16.8 Å². The first-order valence-corrected chi connectivity index (χ1v) is 6.35. The maximum Gasteiger partial charge on any atom is 0.313 e. The van der Waals surface area contributed by atoms with Crippen LogP contribution in [0.3, 0.4) is 0 Å². The van der Waals surface area contributed by atoms with Gasteiger partial charge in [-0.05, 0) is 19.1 Å². The largest absolute Gasteiger partial charge is 0.481 e. The molecule has 0 heterocycles. The van der Waals surface area contributed by atoms with Crippen LogP contribution in [0.25, 0.3) is 0 Å². The quantitative estimate of drug-likeness (QED) is 0.465. The van der Waals surface area contributed by atoms with Gasteiger partial charge in [-0.25, -0.2) is 0 Å². The lowest BCUT2D eigenvalue weighted by Gasteiger charge is -2.05. The van der Waals surface area contributed by atoms with Crippen LogP contribution < -0.4 is 5.32 Å². The van der Waals surface area contributed by atoms with E-state index in [2.05, 4.69) is 5.32 Å². The number of nitro benzene ring substituents is 1. The highest BCUT2D eigenvalue weighted by atomic mass is 32.2. The number of rotatable bonds is 6. The molecule has 0 radical (unpaired) electrons. The van der Waals surface area contributed by atoms with E-state index in [0.717, 1.165) is 17.8 Å². The highest BCUT2D eigenvalue weighted by Gasteiger charge is 2.18. The zero-order chi connectivity index (χ0) is 14.4. The van der Waals surface area contributed by atoms with Gasteiger partial charge in [-0.2, -0.15) is 0 Å². The minimum atomic E-state index is -1.06. The molecule has 0 bridgehead atoms. The first-order valence-electron chi connectivity index (χ1n) is 5.37. The van der Waals surface area contributed by atoms with Crippen molar-refractivity contribution in [2.24, 2.45) is 0 Å². The summed E-state index contributed by atoms with van der Waals surface area (Å²) in [5, 5.41) is 22.0. The van der Waals surface area contributed by atoms with E-state index in [1.54, 1.807) is 6.92 Å². The molecule has 1 aromatic carbocycles. The summed E-state index contributed by atoms with van der Waals surface area (Å²) >= 11 is 0.844. The van der Waals surface area contributed by atoms with Crippen molar-refractivity contribution in [1.29, 1.82) is 0 Å². The molecular weight excluding hydrogens is 272 g/mol. The molecule has 0 aromatic heterocycles. The smallest absolute Gasteiger partial charge is 0.313 e. The Balaban J connectivity index is 3.04. The van der Waals surface area contributed by atoms with Gasteiger partial charge in [0.15, 0.2) is 0 Å².